The van der Waals surface area contributed by atoms with Crippen molar-refractivity contribution in [1.29, 1.82) is 0 Å². The molecule has 2 N–H and O–H groups in total. The van der Waals surface area contributed by atoms with Gasteiger partial charge in [0, 0.05) is 19.3 Å². The van der Waals surface area contributed by atoms with Crippen molar-refractivity contribution in [3.05, 3.63) is 35.4 Å². The third-order valence-corrected chi connectivity index (χ3v) is 2.70. The number of hydrogen-bond acceptors (Lipinski definition) is 2. The van der Waals surface area contributed by atoms with E-state index in [1.807, 2.05) is 0 Å². The molecular weight excluding hydrogens is 231 g/mol. The van der Waals surface area contributed by atoms with E-state index in [1.54, 1.807) is 14.0 Å². The van der Waals surface area contributed by atoms with Crippen molar-refractivity contribution < 1.29 is 17.9 Å². The summed E-state index contributed by atoms with van der Waals surface area (Å²) in [4.78, 5) is 0. The predicted molar refractivity (Wildman–Crippen MR) is 59.5 cm³/mol. The lowest BCUT2D eigenvalue weighted by Gasteiger charge is -2.25. The normalized spacial score (nSPS) is 15.6. The van der Waals surface area contributed by atoms with Gasteiger partial charge < -0.3 is 10.5 Å². The van der Waals surface area contributed by atoms with Gasteiger partial charge in [0.2, 0.25) is 0 Å². The van der Waals surface area contributed by atoms with Gasteiger partial charge in [-0.25, -0.2) is 0 Å². The third kappa shape index (κ3) is 3.71. The summed E-state index contributed by atoms with van der Waals surface area (Å²) in [5.74, 6) is 0. The summed E-state index contributed by atoms with van der Waals surface area (Å²) >= 11 is 0. The Morgan fingerprint density at radius 3 is 2.00 bits per heavy atom. The molecule has 5 heteroatoms. The zero-order chi connectivity index (χ0) is 13.1. The molecule has 0 aliphatic rings. The van der Waals surface area contributed by atoms with E-state index in [0.717, 1.165) is 12.1 Å². The summed E-state index contributed by atoms with van der Waals surface area (Å²) in [5, 5.41) is 0. The Morgan fingerprint density at radius 2 is 1.59 bits per heavy atom. The van der Waals surface area contributed by atoms with E-state index in [0.29, 0.717) is 18.6 Å². The lowest BCUT2D eigenvalue weighted by Crippen LogP contribution is -2.34. The molecule has 0 amide bonds. The van der Waals surface area contributed by atoms with Gasteiger partial charge in [-0.3, -0.25) is 0 Å². The number of nitrogens with two attached hydrogens (primary N) is 1. The van der Waals surface area contributed by atoms with Crippen LogP contribution in [0.2, 0.25) is 0 Å². The summed E-state index contributed by atoms with van der Waals surface area (Å²) in [7, 11) is 1.56. The summed E-state index contributed by atoms with van der Waals surface area (Å²) in [6.07, 6.45) is -3.76. The largest absolute Gasteiger partial charge is 0.416 e. The summed E-state index contributed by atoms with van der Waals surface area (Å²) in [6, 6.07) is 4.93. The molecule has 2 nitrogen and oxygen atoms in total. The molecule has 0 bridgehead atoms. The topological polar surface area (TPSA) is 35.2 Å². The second kappa shape index (κ2) is 5.06. The minimum atomic E-state index is -4.31. The molecule has 0 fully saturated rings. The van der Waals surface area contributed by atoms with Gasteiger partial charge in [0.25, 0.3) is 0 Å². The molecule has 17 heavy (non-hydrogen) atoms. The fourth-order valence-corrected chi connectivity index (χ4v) is 1.50. The minimum Gasteiger partial charge on any atom is -0.385 e. The van der Waals surface area contributed by atoms with E-state index in [9.17, 15) is 13.2 Å². The van der Waals surface area contributed by atoms with Crippen LogP contribution in [-0.4, -0.2) is 13.7 Å². The van der Waals surface area contributed by atoms with Crippen LogP contribution in [0.5, 0.6) is 0 Å². The van der Waals surface area contributed by atoms with Crippen LogP contribution in [0.25, 0.3) is 0 Å². The maximum absolute atomic E-state index is 12.4. The van der Waals surface area contributed by atoms with Crippen molar-refractivity contribution in [3.8, 4) is 0 Å². The van der Waals surface area contributed by atoms with Crippen LogP contribution in [-0.2, 0) is 16.5 Å². The molecule has 0 aliphatic carbocycles. The van der Waals surface area contributed by atoms with E-state index < -0.39 is 17.3 Å². The highest BCUT2D eigenvalue weighted by molar-refractivity contribution is 5.29. The van der Waals surface area contributed by atoms with E-state index in [2.05, 4.69) is 0 Å². The van der Waals surface area contributed by atoms with Gasteiger partial charge in [-0.1, -0.05) is 12.1 Å². The van der Waals surface area contributed by atoms with E-state index in [4.69, 9.17) is 10.5 Å². The zero-order valence-corrected chi connectivity index (χ0v) is 9.84. The Hall–Kier alpha value is -1.07. The van der Waals surface area contributed by atoms with Crippen molar-refractivity contribution in [3.63, 3.8) is 0 Å². The minimum absolute atomic E-state index is 0.466. The molecule has 0 aliphatic heterocycles. The highest BCUT2D eigenvalue weighted by atomic mass is 19.4. The van der Waals surface area contributed by atoms with Gasteiger partial charge >= 0.3 is 6.18 Å². The molecule has 1 aromatic rings. The van der Waals surface area contributed by atoms with Crippen LogP contribution >= 0.6 is 0 Å². The highest BCUT2D eigenvalue weighted by Gasteiger charge is 2.31. The van der Waals surface area contributed by atoms with Crippen molar-refractivity contribution in [2.75, 3.05) is 13.7 Å². The Labute approximate surface area is 98.6 Å². The Balaban J connectivity index is 2.87. The third-order valence-electron chi connectivity index (χ3n) is 2.70. The number of rotatable bonds is 4. The predicted octanol–water partition coefficient (Wildman–Crippen LogP) is 2.92. The van der Waals surface area contributed by atoms with Crippen molar-refractivity contribution in [2.24, 2.45) is 5.73 Å². The Bertz CT molecular complexity index is 357. The van der Waals surface area contributed by atoms with Crippen molar-refractivity contribution in [1.82, 2.24) is 0 Å². The fourth-order valence-electron chi connectivity index (χ4n) is 1.50. The molecule has 1 aromatic carbocycles. The smallest absolute Gasteiger partial charge is 0.385 e. The SMILES string of the molecule is COCCC(C)(N)c1ccc(C(F)(F)F)cc1. The van der Waals surface area contributed by atoms with Gasteiger partial charge in [-0.15, -0.1) is 0 Å². The number of halogens is 3. The average molecular weight is 247 g/mol. The van der Waals surface area contributed by atoms with Crippen molar-refractivity contribution >= 4 is 0 Å². The van der Waals surface area contributed by atoms with Crippen LogP contribution < -0.4 is 5.73 Å². The van der Waals surface area contributed by atoms with Gasteiger partial charge in [0.05, 0.1) is 5.56 Å². The molecule has 0 heterocycles. The molecule has 0 saturated carbocycles. The molecule has 1 unspecified atom stereocenters. The Kier molecular flexibility index (Phi) is 4.16. The van der Waals surface area contributed by atoms with Gasteiger partial charge in [0.15, 0.2) is 0 Å². The maximum atomic E-state index is 12.4. The Morgan fingerprint density at radius 1 is 1.12 bits per heavy atom. The van der Waals surface area contributed by atoms with E-state index in [-0.39, 0.29) is 0 Å². The van der Waals surface area contributed by atoms with Crippen LogP contribution in [0.3, 0.4) is 0 Å². The fraction of sp³-hybridized carbons (Fsp3) is 0.500. The first-order valence-corrected chi connectivity index (χ1v) is 5.23. The van der Waals surface area contributed by atoms with Gasteiger partial charge in [-0.2, -0.15) is 13.2 Å². The van der Waals surface area contributed by atoms with Gasteiger partial charge in [-0.05, 0) is 31.0 Å². The molecule has 1 rings (SSSR count). The molecule has 0 saturated heterocycles. The lowest BCUT2D eigenvalue weighted by atomic mass is 9.89. The van der Waals surface area contributed by atoms with Crippen LogP contribution in [0.15, 0.2) is 24.3 Å². The molecule has 0 aromatic heterocycles. The average Bonchev–Trinajstić information content (AvgIpc) is 2.25. The zero-order valence-electron chi connectivity index (χ0n) is 9.84. The van der Waals surface area contributed by atoms with E-state index >= 15 is 0 Å². The maximum Gasteiger partial charge on any atom is 0.416 e. The second-order valence-electron chi connectivity index (χ2n) is 4.24. The second-order valence-corrected chi connectivity index (χ2v) is 4.24. The van der Waals surface area contributed by atoms with Gasteiger partial charge in [0.1, 0.15) is 0 Å². The summed E-state index contributed by atoms with van der Waals surface area (Å²) < 4.78 is 42.0. The quantitative estimate of drug-likeness (QED) is 0.887. The lowest BCUT2D eigenvalue weighted by molar-refractivity contribution is -0.137. The van der Waals surface area contributed by atoms with Crippen LogP contribution in [0, 0.1) is 0 Å². The monoisotopic (exact) mass is 247 g/mol. The number of hydrogen-bond donors (Lipinski definition) is 1. The first-order valence-electron chi connectivity index (χ1n) is 5.23. The molecule has 1 atom stereocenters. The summed E-state index contributed by atoms with van der Waals surface area (Å²) in [6.45, 7) is 2.24. The summed E-state index contributed by atoms with van der Waals surface area (Å²) in [5.41, 5.74) is 5.35. The molecule has 0 spiro atoms. The highest BCUT2D eigenvalue weighted by Crippen LogP contribution is 2.31. The van der Waals surface area contributed by atoms with Crippen LogP contribution in [0.4, 0.5) is 13.2 Å². The van der Waals surface area contributed by atoms with Crippen molar-refractivity contribution in [2.45, 2.75) is 25.1 Å². The standard InChI is InChI=1S/C12H16F3NO/c1-11(16,7-8-17-2)9-3-5-10(6-4-9)12(13,14)15/h3-6H,7-8,16H2,1-2H3. The number of ether oxygens (including phenoxy) is 1. The first kappa shape index (κ1) is 14.0. The number of benzene rings is 1. The molecule has 0 radical (unpaired) electrons. The number of methoxy groups -OCH3 is 1. The number of alkyl halides is 3. The van der Waals surface area contributed by atoms with Crippen LogP contribution in [0.1, 0.15) is 24.5 Å². The molecular formula is C12H16F3NO. The van der Waals surface area contributed by atoms with E-state index in [1.165, 1.54) is 12.1 Å². The molecule has 96 valence electrons. The first-order chi connectivity index (χ1) is 7.77.